The summed E-state index contributed by atoms with van der Waals surface area (Å²) in [6.45, 7) is 0.718. The molecular formula is C17H22FN3O3. The molecule has 0 unspecified atom stereocenters. The Morgan fingerprint density at radius 3 is 2.83 bits per heavy atom. The van der Waals surface area contributed by atoms with Crippen molar-refractivity contribution in [2.45, 2.75) is 6.42 Å². The van der Waals surface area contributed by atoms with Gasteiger partial charge in [0.05, 0.1) is 6.33 Å². The number of amides is 2. The number of hydrogen-bond acceptors (Lipinski definition) is 4. The van der Waals surface area contributed by atoms with Crippen molar-refractivity contribution in [2.75, 3.05) is 40.3 Å². The number of benzene rings is 1. The number of halogens is 1. The largest absolute Gasteiger partial charge is 0.489 e. The fourth-order valence-corrected chi connectivity index (χ4v) is 2.37. The predicted molar refractivity (Wildman–Crippen MR) is 88.5 cm³/mol. The first-order chi connectivity index (χ1) is 11.5. The van der Waals surface area contributed by atoms with Gasteiger partial charge in [0.15, 0.2) is 0 Å². The highest BCUT2D eigenvalue weighted by Crippen LogP contribution is 2.24. The maximum absolute atomic E-state index is 12.5. The molecule has 0 aliphatic carbocycles. The average molecular weight is 335 g/mol. The number of carbonyl (C=O) groups is 2. The minimum absolute atomic E-state index is 0.0726. The maximum atomic E-state index is 12.5. The molecule has 24 heavy (non-hydrogen) atoms. The number of nitrogens with two attached hydrogens (primary N) is 1. The van der Waals surface area contributed by atoms with E-state index in [1.807, 2.05) is 0 Å². The van der Waals surface area contributed by atoms with Crippen molar-refractivity contribution >= 4 is 11.8 Å². The van der Waals surface area contributed by atoms with Gasteiger partial charge in [0.2, 0.25) is 5.91 Å². The molecule has 1 heterocycles. The van der Waals surface area contributed by atoms with Crippen LogP contribution in [0.4, 0.5) is 4.39 Å². The Bertz CT molecular complexity index is 658. The highest BCUT2D eigenvalue weighted by Gasteiger charge is 2.26. The van der Waals surface area contributed by atoms with Gasteiger partial charge >= 0.3 is 0 Å². The Hall–Kier alpha value is -2.41. The summed E-state index contributed by atoms with van der Waals surface area (Å²) in [4.78, 5) is 27.3. The molecule has 0 bridgehead atoms. The summed E-state index contributed by atoms with van der Waals surface area (Å²) in [6.07, 6.45) is 1.09. The van der Waals surface area contributed by atoms with Crippen LogP contribution in [-0.2, 0) is 11.2 Å². The number of fused-ring (bicyclic) bond motifs is 1. The lowest BCUT2D eigenvalue weighted by Crippen LogP contribution is -2.43. The van der Waals surface area contributed by atoms with Gasteiger partial charge in [0.25, 0.3) is 5.91 Å². The standard InChI is InChI=1S/C17H22FN3O3/c1-20(2)16(22)10-21-6-5-13-7-14(3-4-15(13)17(21)23)24-11-12(8-18)9-19/h3-4,7-8H,5-6,9-11,19H2,1-2H3/b12-8+. The molecule has 130 valence electrons. The number of likely N-dealkylation sites (N-methyl/N-ethyl adjacent to an activating group) is 1. The summed E-state index contributed by atoms with van der Waals surface area (Å²) < 4.78 is 18.0. The zero-order chi connectivity index (χ0) is 17.7. The van der Waals surface area contributed by atoms with E-state index >= 15 is 0 Å². The zero-order valence-corrected chi connectivity index (χ0v) is 13.9. The van der Waals surface area contributed by atoms with Gasteiger partial charge in [-0.25, -0.2) is 4.39 Å². The van der Waals surface area contributed by atoms with Crippen molar-refractivity contribution in [2.24, 2.45) is 5.73 Å². The Morgan fingerprint density at radius 2 is 2.21 bits per heavy atom. The fourth-order valence-electron chi connectivity index (χ4n) is 2.37. The van der Waals surface area contributed by atoms with E-state index in [9.17, 15) is 14.0 Å². The molecule has 1 aromatic carbocycles. The Kier molecular flexibility index (Phi) is 5.92. The highest BCUT2D eigenvalue weighted by molar-refractivity contribution is 5.98. The van der Waals surface area contributed by atoms with Gasteiger partial charge in [-0.2, -0.15) is 0 Å². The number of hydrogen-bond donors (Lipinski definition) is 1. The first kappa shape index (κ1) is 17.9. The summed E-state index contributed by atoms with van der Waals surface area (Å²) in [5.41, 5.74) is 7.18. The number of rotatable bonds is 6. The van der Waals surface area contributed by atoms with Gasteiger partial charge in [-0.05, 0) is 30.2 Å². The van der Waals surface area contributed by atoms with E-state index in [2.05, 4.69) is 0 Å². The van der Waals surface area contributed by atoms with Gasteiger partial charge in [-0.15, -0.1) is 0 Å². The third-order valence-electron chi connectivity index (χ3n) is 3.91. The molecular weight excluding hydrogens is 313 g/mol. The molecule has 0 aromatic heterocycles. The van der Waals surface area contributed by atoms with E-state index in [-0.39, 0.29) is 31.5 Å². The lowest BCUT2D eigenvalue weighted by atomic mass is 9.98. The van der Waals surface area contributed by atoms with E-state index < -0.39 is 0 Å². The number of ether oxygens (including phenoxy) is 1. The summed E-state index contributed by atoms with van der Waals surface area (Å²) in [5.74, 6) is 0.288. The molecule has 1 aromatic rings. The van der Waals surface area contributed by atoms with Crippen molar-refractivity contribution in [1.82, 2.24) is 9.80 Å². The van der Waals surface area contributed by atoms with Gasteiger partial charge in [-0.1, -0.05) is 0 Å². The van der Waals surface area contributed by atoms with Crippen molar-refractivity contribution in [3.8, 4) is 5.75 Å². The fraction of sp³-hybridized carbons (Fsp3) is 0.412. The first-order valence-corrected chi connectivity index (χ1v) is 7.69. The molecule has 1 aliphatic rings. The minimum atomic E-state index is -0.163. The second-order valence-electron chi connectivity index (χ2n) is 5.84. The average Bonchev–Trinajstić information content (AvgIpc) is 2.58. The van der Waals surface area contributed by atoms with Crippen LogP contribution in [0.2, 0.25) is 0 Å². The third kappa shape index (κ3) is 4.11. The van der Waals surface area contributed by atoms with E-state index in [1.165, 1.54) is 4.90 Å². The topological polar surface area (TPSA) is 75.9 Å². The second-order valence-corrected chi connectivity index (χ2v) is 5.84. The monoisotopic (exact) mass is 335 g/mol. The van der Waals surface area contributed by atoms with Gasteiger partial charge in [-0.3, -0.25) is 9.59 Å². The quantitative estimate of drug-likeness (QED) is 0.840. The molecule has 2 amide bonds. The van der Waals surface area contributed by atoms with E-state index in [0.717, 1.165) is 5.56 Å². The molecule has 6 nitrogen and oxygen atoms in total. The van der Waals surface area contributed by atoms with Crippen LogP contribution in [0.1, 0.15) is 15.9 Å². The molecule has 7 heteroatoms. The van der Waals surface area contributed by atoms with Crippen molar-refractivity contribution < 1.29 is 18.7 Å². The Labute approximate surface area is 140 Å². The van der Waals surface area contributed by atoms with Crippen LogP contribution >= 0.6 is 0 Å². The SMILES string of the molecule is CN(C)C(=O)CN1CCc2cc(OC/C(=C/F)CN)ccc2C1=O. The number of carbonyl (C=O) groups excluding carboxylic acids is 2. The van der Waals surface area contributed by atoms with E-state index in [4.69, 9.17) is 10.5 Å². The highest BCUT2D eigenvalue weighted by atomic mass is 19.1. The van der Waals surface area contributed by atoms with Crippen molar-refractivity contribution in [3.63, 3.8) is 0 Å². The van der Waals surface area contributed by atoms with Crippen LogP contribution < -0.4 is 10.5 Å². The summed E-state index contributed by atoms with van der Waals surface area (Å²) in [7, 11) is 3.32. The van der Waals surface area contributed by atoms with E-state index in [0.29, 0.717) is 36.2 Å². The smallest absolute Gasteiger partial charge is 0.254 e. The predicted octanol–water partition coefficient (Wildman–Crippen LogP) is 0.964. The molecule has 1 aliphatic heterocycles. The van der Waals surface area contributed by atoms with Crippen molar-refractivity contribution in [3.05, 3.63) is 41.2 Å². The summed E-state index contributed by atoms with van der Waals surface area (Å²) in [6, 6.07) is 5.13. The normalized spacial score (nSPS) is 14.4. The molecule has 0 fully saturated rings. The van der Waals surface area contributed by atoms with Crippen LogP contribution in [0.5, 0.6) is 5.75 Å². The van der Waals surface area contributed by atoms with Gasteiger partial charge < -0.3 is 20.3 Å². The summed E-state index contributed by atoms with van der Waals surface area (Å²) >= 11 is 0. The minimum Gasteiger partial charge on any atom is -0.489 e. The first-order valence-electron chi connectivity index (χ1n) is 7.69. The lowest BCUT2D eigenvalue weighted by Gasteiger charge is -2.29. The Balaban J connectivity index is 2.07. The second kappa shape index (κ2) is 7.92. The molecule has 2 rings (SSSR count). The van der Waals surface area contributed by atoms with E-state index in [1.54, 1.807) is 37.2 Å². The van der Waals surface area contributed by atoms with Crippen LogP contribution in [-0.4, -0.2) is 62.0 Å². The van der Waals surface area contributed by atoms with Gasteiger partial charge in [0, 0.05) is 38.3 Å². The summed E-state index contributed by atoms with van der Waals surface area (Å²) in [5, 5.41) is 0. The van der Waals surface area contributed by atoms with Crippen molar-refractivity contribution in [1.29, 1.82) is 0 Å². The Morgan fingerprint density at radius 1 is 1.46 bits per heavy atom. The number of nitrogens with zero attached hydrogens (tertiary/aromatic N) is 2. The lowest BCUT2D eigenvalue weighted by molar-refractivity contribution is -0.129. The maximum Gasteiger partial charge on any atom is 0.254 e. The molecule has 0 radical (unpaired) electrons. The zero-order valence-electron chi connectivity index (χ0n) is 13.9. The van der Waals surface area contributed by atoms with Crippen LogP contribution in [0.15, 0.2) is 30.1 Å². The van der Waals surface area contributed by atoms with Crippen LogP contribution in [0.3, 0.4) is 0 Å². The molecule has 0 atom stereocenters. The molecule has 0 saturated heterocycles. The third-order valence-corrected chi connectivity index (χ3v) is 3.91. The molecule has 2 N–H and O–H groups in total. The molecule has 0 saturated carbocycles. The van der Waals surface area contributed by atoms with Gasteiger partial charge in [0.1, 0.15) is 18.9 Å². The molecule has 0 spiro atoms. The van der Waals surface area contributed by atoms with Crippen LogP contribution in [0.25, 0.3) is 0 Å². The van der Waals surface area contributed by atoms with Crippen LogP contribution in [0, 0.1) is 0 Å².